The average molecular weight is 440 g/mol. The molecule has 2 aromatic heterocycles. The van der Waals surface area contributed by atoms with Crippen molar-refractivity contribution in [2.45, 2.75) is 18.9 Å². The molecule has 3 aliphatic rings. The zero-order valence-electron chi connectivity index (χ0n) is 17.8. The first kappa shape index (κ1) is 18.3. The lowest BCUT2D eigenvalue weighted by molar-refractivity contribution is -0.119. The first-order chi connectivity index (χ1) is 16.1. The number of nitrogen functional groups attached to an aromatic ring is 1. The van der Waals surface area contributed by atoms with E-state index in [9.17, 15) is 4.79 Å². The van der Waals surface area contributed by atoms with Gasteiger partial charge in [0.25, 0.3) is 0 Å². The van der Waals surface area contributed by atoms with E-state index in [2.05, 4.69) is 30.4 Å². The van der Waals surface area contributed by atoms with E-state index in [-0.39, 0.29) is 17.9 Å². The SMILES string of the molecule is CN1C(=O)C2CCCN2c2nc(N)nc(-c3cc4c5c(n[nH]c5c3)Nc3ccccc3O4)c21. The summed E-state index contributed by atoms with van der Waals surface area (Å²) in [6.07, 6.45) is 1.76. The summed E-state index contributed by atoms with van der Waals surface area (Å²) < 4.78 is 6.30. The molecule has 0 aliphatic carbocycles. The van der Waals surface area contributed by atoms with Crippen LogP contribution >= 0.6 is 0 Å². The Bertz CT molecular complexity index is 1480. The molecule has 2 aromatic carbocycles. The lowest BCUT2D eigenvalue weighted by Gasteiger charge is -2.37. The summed E-state index contributed by atoms with van der Waals surface area (Å²) in [5.41, 5.74) is 9.77. The van der Waals surface area contributed by atoms with Crippen molar-refractivity contribution in [3.63, 3.8) is 0 Å². The summed E-state index contributed by atoms with van der Waals surface area (Å²) in [5, 5.41) is 11.7. The third kappa shape index (κ3) is 2.48. The van der Waals surface area contributed by atoms with E-state index in [0.717, 1.165) is 41.5 Å². The molecule has 4 N–H and O–H groups in total. The highest BCUT2D eigenvalue weighted by atomic mass is 16.5. The molecule has 0 radical (unpaired) electrons. The van der Waals surface area contributed by atoms with Crippen LogP contribution in [0.4, 0.5) is 29.0 Å². The van der Waals surface area contributed by atoms with Gasteiger partial charge in [-0.3, -0.25) is 9.89 Å². The molecule has 1 amide bonds. The van der Waals surface area contributed by atoms with Crippen LogP contribution < -0.4 is 25.6 Å². The number of aromatic nitrogens is 4. The Morgan fingerprint density at radius 2 is 2.06 bits per heavy atom. The minimum Gasteiger partial charge on any atom is -0.454 e. The summed E-state index contributed by atoms with van der Waals surface area (Å²) in [5.74, 6) is 2.94. The molecular formula is C23H20N8O2. The first-order valence-corrected chi connectivity index (χ1v) is 10.9. The van der Waals surface area contributed by atoms with Gasteiger partial charge in [0.05, 0.1) is 16.6 Å². The molecule has 3 aliphatic heterocycles. The maximum Gasteiger partial charge on any atom is 0.249 e. The van der Waals surface area contributed by atoms with Crippen LogP contribution in [-0.4, -0.2) is 45.7 Å². The number of anilines is 5. The van der Waals surface area contributed by atoms with Gasteiger partial charge in [-0.25, -0.2) is 4.98 Å². The second-order valence-electron chi connectivity index (χ2n) is 8.54. The van der Waals surface area contributed by atoms with Crippen molar-refractivity contribution >= 4 is 45.8 Å². The lowest BCUT2D eigenvalue weighted by Crippen LogP contribution is -2.49. The summed E-state index contributed by atoms with van der Waals surface area (Å²) in [4.78, 5) is 25.9. The molecule has 1 unspecified atom stereocenters. The van der Waals surface area contributed by atoms with Gasteiger partial charge in [-0.1, -0.05) is 12.1 Å². The van der Waals surface area contributed by atoms with Gasteiger partial charge in [0, 0.05) is 19.2 Å². The topological polar surface area (TPSA) is 125 Å². The standard InChI is InChI=1S/C23H20N8O2/c1-30-19-18(26-23(24)27-21(19)31-8-4-6-14(31)22(30)32)11-9-13-17-16(10-11)33-15-7-3-2-5-12(15)25-20(17)29-28-13/h2-3,5,7,9-10,14H,4,6,8H2,1H3,(H2,24,26,27)(H2,25,28,29). The Kier molecular flexibility index (Phi) is 3.51. The van der Waals surface area contributed by atoms with Gasteiger partial charge in [-0.15, -0.1) is 0 Å². The summed E-state index contributed by atoms with van der Waals surface area (Å²) in [7, 11) is 1.78. The maximum atomic E-state index is 13.1. The molecule has 10 nitrogen and oxygen atoms in total. The molecule has 164 valence electrons. The maximum absolute atomic E-state index is 13.1. The number of carbonyl (C=O) groups is 1. The number of carbonyl (C=O) groups excluding carboxylic acids is 1. The fourth-order valence-corrected chi connectivity index (χ4v) is 5.11. The van der Waals surface area contributed by atoms with Gasteiger partial charge < -0.3 is 25.6 Å². The predicted octanol–water partition coefficient (Wildman–Crippen LogP) is 3.40. The third-order valence-electron chi connectivity index (χ3n) is 6.62. The zero-order valence-corrected chi connectivity index (χ0v) is 17.8. The summed E-state index contributed by atoms with van der Waals surface area (Å²) in [6, 6.07) is 11.4. The Labute approximate surface area is 188 Å². The van der Waals surface area contributed by atoms with E-state index in [1.165, 1.54) is 0 Å². The van der Waals surface area contributed by atoms with Crippen molar-refractivity contribution in [2.75, 3.05) is 34.4 Å². The lowest BCUT2D eigenvalue weighted by atomic mass is 10.0. The first-order valence-electron chi connectivity index (χ1n) is 10.9. The average Bonchev–Trinajstić information content (AvgIpc) is 3.42. The molecular weight excluding hydrogens is 420 g/mol. The molecule has 10 heteroatoms. The van der Waals surface area contributed by atoms with Gasteiger partial charge in [-0.05, 0) is 37.1 Å². The van der Waals surface area contributed by atoms with E-state index in [4.69, 9.17) is 10.5 Å². The Balaban J connectivity index is 1.46. The van der Waals surface area contributed by atoms with Crippen molar-refractivity contribution in [1.82, 2.24) is 20.2 Å². The molecule has 7 rings (SSSR count). The number of nitrogens with one attached hydrogen (secondary N) is 2. The smallest absolute Gasteiger partial charge is 0.249 e. The highest BCUT2D eigenvalue weighted by Gasteiger charge is 2.42. The molecule has 0 spiro atoms. The van der Waals surface area contributed by atoms with E-state index < -0.39 is 0 Å². The number of amides is 1. The van der Waals surface area contributed by atoms with Gasteiger partial charge in [0.15, 0.2) is 17.4 Å². The van der Waals surface area contributed by atoms with Gasteiger partial charge in [0.2, 0.25) is 11.9 Å². The van der Waals surface area contributed by atoms with E-state index >= 15 is 0 Å². The van der Waals surface area contributed by atoms with Crippen LogP contribution in [0.1, 0.15) is 12.8 Å². The number of rotatable bonds is 1. The Morgan fingerprint density at radius 3 is 2.97 bits per heavy atom. The highest BCUT2D eigenvalue weighted by molar-refractivity contribution is 6.09. The number of para-hydroxylation sites is 2. The minimum atomic E-state index is -0.196. The van der Waals surface area contributed by atoms with E-state index in [1.54, 1.807) is 11.9 Å². The molecule has 0 saturated carbocycles. The van der Waals surface area contributed by atoms with Crippen molar-refractivity contribution in [3.8, 4) is 22.8 Å². The number of likely N-dealkylation sites (N-methyl/N-ethyl adjacent to an activating group) is 1. The normalized spacial score (nSPS) is 18.3. The van der Waals surface area contributed by atoms with Crippen LogP contribution in [0.25, 0.3) is 22.2 Å². The van der Waals surface area contributed by atoms with Crippen LogP contribution in [0.5, 0.6) is 11.5 Å². The quantitative estimate of drug-likeness (QED) is 0.362. The van der Waals surface area contributed by atoms with Crippen molar-refractivity contribution in [3.05, 3.63) is 36.4 Å². The zero-order chi connectivity index (χ0) is 22.3. The number of nitrogens with two attached hydrogens (primary N) is 1. The second-order valence-corrected chi connectivity index (χ2v) is 8.54. The van der Waals surface area contributed by atoms with E-state index in [1.807, 2.05) is 36.4 Å². The second kappa shape index (κ2) is 6.35. The van der Waals surface area contributed by atoms with Gasteiger partial charge in [0.1, 0.15) is 23.2 Å². The fourth-order valence-electron chi connectivity index (χ4n) is 5.11. The van der Waals surface area contributed by atoms with Crippen LogP contribution in [0.2, 0.25) is 0 Å². The molecule has 0 bridgehead atoms. The number of aromatic amines is 1. The van der Waals surface area contributed by atoms with Crippen LogP contribution in [0.3, 0.4) is 0 Å². The molecule has 1 fully saturated rings. The van der Waals surface area contributed by atoms with Crippen molar-refractivity contribution < 1.29 is 9.53 Å². The monoisotopic (exact) mass is 440 g/mol. The molecule has 33 heavy (non-hydrogen) atoms. The number of ether oxygens (including phenoxy) is 1. The van der Waals surface area contributed by atoms with Crippen LogP contribution in [0, 0.1) is 0 Å². The largest absolute Gasteiger partial charge is 0.454 e. The summed E-state index contributed by atoms with van der Waals surface area (Å²) in [6.45, 7) is 0.771. The van der Waals surface area contributed by atoms with Crippen molar-refractivity contribution in [1.29, 1.82) is 0 Å². The van der Waals surface area contributed by atoms with Gasteiger partial charge >= 0.3 is 0 Å². The molecule has 1 saturated heterocycles. The third-order valence-corrected chi connectivity index (χ3v) is 6.62. The van der Waals surface area contributed by atoms with E-state index in [0.29, 0.717) is 34.5 Å². The summed E-state index contributed by atoms with van der Waals surface area (Å²) >= 11 is 0. The van der Waals surface area contributed by atoms with Gasteiger partial charge in [-0.2, -0.15) is 10.1 Å². The Morgan fingerprint density at radius 1 is 1.18 bits per heavy atom. The minimum absolute atomic E-state index is 0.0482. The molecule has 4 aromatic rings. The highest BCUT2D eigenvalue weighted by Crippen LogP contribution is 2.47. The van der Waals surface area contributed by atoms with Crippen LogP contribution in [-0.2, 0) is 4.79 Å². The number of nitrogens with zero attached hydrogens (tertiary/aromatic N) is 5. The number of benzene rings is 2. The van der Waals surface area contributed by atoms with Crippen molar-refractivity contribution in [2.24, 2.45) is 0 Å². The number of H-pyrrole nitrogens is 1. The number of fused-ring (bicyclic) bond motifs is 4. The Hall–Kier alpha value is -4.34. The van der Waals surface area contributed by atoms with Crippen LogP contribution in [0.15, 0.2) is 36.4 Å². The number of hydrogen-bond donors (Lipinski definition) is 3. The molecule has 5 heterocycles. The number of hydrogen-bond acceptors (Lipinski definition) is 8. The predicted molar refractivity (Wildman–Crippen MR) is 125 cm³/mol. The fraction of sp³-hybridized carbons (Fsp3) is 0.217. The molecule has 1 atom stereocenters.